The maximum atomic E-state index is 13.6. The summed E-state index contributed by atoms with van der Waals surface area (Å²) in [5, 5.41) is 3.09. The molecule has 4 rings (SSSR count). The molecule has 0 spiro atoms. The number of nitrogens with one attached hydrogen (secondary N) is 1. The lowest BCUT2D eigenvalue weighted by Gasteiger charge is -2.27. The molecular formula is C24H25Cl2N3O7S. The Hall–Kier alpha value is -2.86. The molecule has 13 heteroatoms. The van der Waals surface area contributed by atoms with E-state index in [1.54, 1.807) is 18.2 Å². The van der Waals surface area contributed by atoms with Gasteiger partial charge in [-0.1, -0.05) is 23.2 Å². The number of hydrogen-bond donors (Lipinski definition) is 1. The van der Waals surface area contributed by atoms with E-state index in [0.29, 0.717) is 46.9 Å². The highest BCUT2D eigenvalue weighted by Gasteiger charge is 2.39. The molecule has 0 bridgehead atoms. The number of amides is 3. The summed E-state index contributed by atoms with van der Waals surface area (Å²) >= 11 is 12.3. The van der Waals surface area contributed by atoms with Gasteiger partial charge in [-0.25, -0.2) is 12.7 Å². The first kappa shape index (κ1) is 27.2. The lowest BCUT2D eigenvalue weighted by molar-refractivity contribution is -0.131. The van der Waals surface area contributed by atoms with Gasteiger partial charge in [0.15, 0.2) is 0 Å². The van der Waals surface area contributed by atoms with E-state index >= 15 is 0 Å². The van der Waals surface area contributed by atoms with Gasteiger partial charge in [-0.3, -0.25) is 14.4 Å². The Morgan fingerprint density at radius 2 is 1.86 bits per heavy atom. The van der Waals surface area contributed by atoms with Crippen LogP contribution in [-0.2, 0) is 30.8 Å². The molecule has 1 atom stereocenters. The summed E-state index contributed by atoms with van der Waals surface area (Å²) in [6.07, 6.45) is 0.0796. The van der Waals surface area contributed by atoms with Gasteiger partial charge in [0.2, 0.25) is 11.8 Å². The Morgan fingerprint density at radius 3 is 2.57 bits per heavy atom. The molecule has 10 nitrogen and oxygen atoms in total. The summed E-state index contributed by atoms with van der Waals surface area (Å²) in [6.45, 7) is 0.632. The Labute approximate surface area is 224 Å². The third-order valence-electron chi connectivity index (χ3n) is 6.19. The average Bonchev–Trinajstić information content (AvgIpc) is 3.03. The van der Waals surface area contributed by atoms with E-state index in [1.807, 2.05) is 0 Å². The summed E-state index contributed by atoms with van der Waals surface area (Å²) in [5.74, 6) is -2.27. The number of nitrogens with zero attached hydrogens (tertiary/aromatic N) is 2. The van der Waals surface area contributed by atoms with Gasteiger partial charge >= 0.3 is 0 Å². The summed E-state index contributed by atoms with van der Waals surface area (Å²) in [7, 11) is -3.04. The largest absolute Gasteiger partial charge is 0.496 e. The van der Waals surface area contributed by atoms with Crippen molar-refractivity contribution in [2.24, 2.45) is 5.92 Å². The van der Waals surface area contributed by atoms with E-state index in [0.717, 1.165) is 6.07 Å². The van der Waals surface area contributed by atoms with Crippen molar-refractivity contribution in [2.75, 3.05) is 46.5 Å². The Morgan fingerprint density at radius 1 is 1.14 bits per heavy atom. The van der Waals surface area contributed by atoms with Crippen LogP contribution < -0.4 is 10.1 Å². The number of ether oxygens (including phenoxy) is 2. The van der Waals surface area contributed by atoms with E-state index in [-0.39, 0.29) is 28.4 Å². The molecule has 1 N–H and O–H groups in total. The molecule has 2 heterocycles. The molecule has 2 fully saturated rings. The van der Waals surface area contributed by atoms with Crippen molar-refractivity contribution in [3.05, 3.63) is 57.6 Å². The van der Waals surface area contributed by atoms with Crippen molar-refractivity contribution in [3.63, 3.8) is 0 Å². The average molecular weight is 570 g/mol. The van der Waals surface area contributed by atoms with Crippen molar-refractivity contribution in [1.82, 2.24) is 14.5 Å². The van der Waals surface area contributed by atoms with Gasteiger partial charge in [0.25, 0.3) is 15.9 Å². The van der Waals surface area contributed by atoms with Crippen molar-refractivity contribution in [2.45, 2.75) is 11.3 Å². The molecule has 2 aliphatic heterocycles. The number of halogens is 2. The normalized spacial score (nSPS) is 18.8. The molecule has 2 aromatic rings. The highest BCUT2D eigenvalue weighted by molar-refractivity contribution is 7.89. The lowest BCUT2D eigenvalue weighted by atomic mass is 9.98. The Balaban J connectivity index is 1.66. The van der Waals surface area contributed by atoms with Crippen LogP contribution in [0.3, 0.4) is 0 Å². The number of morpholine rings is 1. The smallest absolute Gasteiger partial charge is 0.267 e. The summed E-state index contributed by atoms with van der Waals surface area (Å²) in [5.41, 5.74) is 0.573. The van der Waals surface area contributed by atoms with Crippen LogP contribution in [0.25, 0.3) is 0 Å². The molecule has 0 aliphatic carbocycles. The number of sulfonamides is 1. The summed E-state index contributed by atoms with van der Waals surface area (Å²) in [6, 6.07) is 8.54. The molecule has 0 aromatic heterocycles. The van der Waals surface area contributed by atoms with E-state index in [1.165, 1.54) is 24.1 Å². The molecule has 0 radical (unpaired) electrons. The van der Waals surface area contributed by atoms with Gasteiger partial charge in [0.05, 0.1) is 41.7 Å². The number of benzene rings is 2. The fraction of sp³-hybridized carbons (Fsp3) is 0.375. The highest BCUT2D eigenvalue weighted by Crippen LogP contribution is 2.29. The first-order valence-corrected chi connectivity index (χ1v) is 13.6. The molecule has 2 aliphatic rings. The first-order chi connectivity index (χ1) is 17.6. The van der Waals surface area contributed by atoms with Crippen molar-refractivity contribution >= 4 is 50.9 Å². The van der Waals surface area contributed by atoms with Crippen molar-refractivity contribution < 1.29 is 32.3 Å². The second-order valence-corrected chi connectivity index (χ2v) is 11.3. The molecule has 2 saturated heterocycles. The van der Waals surface area contributed by atoms with Gasteiger partial charge in [-0.2, -0.15) is 0 Å². The van der Waals surface area contributed by atoms with Crippen LogP contribution in [0.15, 0.2) is 41.3 Å². The van der Waals surface area contributed by atoms with E-state index in [2.05, 4.69) is 5.32 Å². The van der Waals surface area contributed by atoms with Crippen LogP contribution in [0.5, 0.6) is 5.75 Å². The van der Waals surface area contributed by atoms with Crippen LogP contribution in [-0.4, -0.2) is 81.8 Å². The van der Waals surface area contributed by atoms with Crippen LogP contribution >= 0.6 is 23.2 Å². The number of hydrogen-bond acceptors (Lipinski definition) is 7. The number of rotatable bonds is 6. The van der Waals surface area contributed by atoms with Crippen LogP contribution in [0.1, 0.15) is 15.9 Å². The molecule has 1 unspecified atom stereocenters. The van der Waals surface area contributed by atoms with Crippen LogP contribution in [0, 0.1) is 5.92 Å². The molecule has 198 valence electrons. The minimum atomic E-state index is -4.51. The fourth-order valence-corrected chi connectivity index (χ4v) is 6.05. The number of carbonyl (C=O) groups excluding carboxylic acids is 3. The lowest BCUT2D eigenvalue weighted by Crippen LogP contribution is -2.43. The summed E-state index contributed by atoms with van der Waals surface area (Å²) in [4.78, 5) is 40.1. The van der Waals surface area contributed by atoms with E-state index in [9.17, 15) is 22.8 Å². The van der Waals surface area contributed by atoms with Crippen molar-refractivity contribution in [1.29, 1.82) is 0 Å². The zero-order chi connectivity index (χ0) is 26.7. The predicted octanol–water partition coefficient (Wildman–Crippen LogP) is 1.98. The Bertz CT molecular complexity index is 1330. The zero-order valence-corrected chi connectivity index (χ0v) is 22.2. The first-order valence-electron chi connectivity index (χ1n) is 11.4. The highest BCUT2D eigenvalue weighted by atomic mass is 35.5. The van der Waals surface area contributed by atoms with Crippen LogP contribution in [0.2, 0.25) is 10.0 Å². The van der Waals surface area contributed by atoms with Crippen molar-refractivity contribution in [3.8, 4) is 5.75 Å². The number of methoxy groups -OCH3 is 1. The third-order valence-corrected chi connectivity index (χ3v) is 8.49. The van der Waals surface area contributed by atoms with Gasteiger partial charge in [-0.15, -0.1) is 0 Å². The van der Waals surface area contributed by atoms with Gasteiger partial charge < -0.3 is 19.7 Å². The van der Waals surface area contributed by atoms with Gasteiger partial charge in [-0.05, 0) is 48.4 Å². The SMILES string of the molecule is COc1ccc(Cl)cc1CC1CNC(=O)CN(S(=O)(=O)c2ccc(Cl)c(C(=O)N3CCOCC3)c2)C1=O. The zero-order valence-electron chi connectivity index (χ0n) is 19.9. The molecule has 0 saturated carbocycles. The number of carbonyl (C=O) groups is 3. The second kappa shape index (κ2) is 11.3. The Kier molecular flexibility index (Phi) is 8.27. The minimum Gasteiger partial charge on any atom is -0.496 e. The third kappa shape index (κ3) is 5.85. The summed E-state index contributed by atoms with van der Waals surface area (Å²) < 4.78 is 38.4. The predicted molar refractivity (Wildman–Crippen MR) is 135 cm³/mol. The second-order valence-electron chi connectivity index (χ2n) is 8.56. The fourth-order valence-electron chi connectivity index (χ4n) is 4.22. The monoisotopic (exact) mass is 569 g/mol. The molecular weight excluding hydrogens is 545 g/mol. The van der Waals surface area contributed by atoms with Gasteiger partial charge in [0.1, 0.15) is 12.3 Å². The standard InChI is InChI=1S/C24H25Cl2N3O7S/c1-35-21-5-2-17(25)11-15(21)10-16-13-27-22(30)14-29(23(16)31)37(33,34)18-3-4-20(26)19(12-18)24(32)28-6-8-36-9-7-28/h2-5,11-12,16H,6-10,13-14H2,1H3,(H,27,30). The minimum absolute atomic E-state index is 0.0171. The molecule has 2 aromatic carbocycles. The molecule has 3 amide bonds. The topological polar surface area (TPSA) is 122 Å². The van der Waals surface area contributed by atoms with E-state index in [4.69, 9.17) is 32.7 Å². The van der Waals surface area contributed by atoms with Gasteiger partial charge in [0, 0.05) is 24.7 Å². The molecule has 37 heavy (non-hydrogen) atoms. The van der Waals surface area contributed by atoms with Crippen LogP contribution in [0.4, 0.5) is 0 Å². The maximum Gasteiger partial charge on any atom is 0.267 e. The maximum absolute atomic E-state index is 13.6. The van der Waals surface area contributed by atoms with E-state index < -0.39 is 40.2 Å². The quantitative estimate of drug-likeness (QED) is 0.564.